The first-order valence-corrected chi connectivity index (χ1v) is 11.4. The van der Waals surface area contributed by atoms with Gasteiger partial charge in [0.1, 0.15) is 21.4 Å². The second-order valence-corrected chi connectivity index (χ2v) is 9.39. The zero-order valence-electron chi connectivity index (χ0n) is 17.6. The minimum Gasteiger partial charge on any atom is -0.336 e. The lowest BCUT2D eigenvalue weighted by atomic mass is 10.0. The SMILES string of the molecule is Cc1nn(C)c(Cl)c1S(=O)(=O)Nc1ccc(C(C)c2nc3c([nH]2)c(=O)[nH]c(=O)n3C)cc1. The van der Waals surface area contributed by atoms with Crippen molar-refractivity contribution in [2.75, 3.05) is 4.72 Å². The van der Waals surface area contributed by atoms with E-state index in [4.69, 9.17) is 11.6 Å². The van der Waals surface area contributed by atoms with Crippen molar-refractivity contribution >= 4 is 38.5 Å². The Bertz CT molecular complexity index is 1560. The van der Waals surface area contributed by atoms with Crippen LogP contribution in [0.2, 0.25) is 5.15 Å². The van der Waals surface area contributed by atoms with Gasteiger partial charge in [-0.2, -0.15) is 5.10 Å². The van der Waals surface area contributed by atoms with Gasteiger partial charge in [-0.05, 0) is 24.6 Å². The number of imidazole rings is 1. The van der Waals surface area contributed by atoms with Gasteiger partial charge >= 0.3 is 5.69 Å². The van der Waals surface area contributed by atoms with Gasteiger partial charge in [-0.3, -0.25) is 23.7 Å². The van der Waals surface area contributed by atoms with E-state index in [1.54, 1.807) is 38.2 Å². The molecule has 1 atom stereocenters. The Morgan fingerprint density at radius 1 is 1.12 bits per heavy atom. The molecule has 0 amide bonds. The van der Waals surface area contributed by atoms with Crippen molar-refractivity contribution in [1.29, 1.82) is 0 Å². The van der Waals surface area contributed by atoms with Gasteiger partial charge in [0.2, 0.25) is 0 Å². The summed E-state index contributed by atoms with van der Waals surface area (Å²) in [6, 6.07) is 6.73. The van der Waals surface area contributed by atoms with E-state index >= 15 is 0 Å². The van der Waals surface area contributed by atoms with Crippen LogP contribution in [0.15, 0.2) is 38.8 Å². The van der Waals surface area contributed by atoms with Crippen LogP contribution < -0.4 is 16.0 Å². The molecule has 1 aromatic carbocycles. The quantitative estimate of drug-likeness (QED) is 0.397. The van der Waals surface area contributed by atoms with E-state index < -0.39 is 21.3 Å². The maximum atomic E-state index is 12.8. The van der Waals surface area contributed by atoms with Crippen LogP contribution >= 0.6 is 11.6 Å². The van der Waals surface area contributed by atoms with Crippen molar-refractivity contribution in [3.63, 3.8) is 0 Å². The molecule has 0 aliphatic heterocycles. The van der Waals surface area contributed by atoms with Crippen molar-refractivity contribution in [1.82, 2.24) is 29.3 Å². The first-order chi connectivity index (χ1) is 15.0. The molecule has 0 aliphatic rings. The van der Waals surface area contributed by atoms with Crippen molar-refractivity contribution in [3.8, 4) is 0 Å². The van der Waals surface area contributed by atoms with Gasteiger partial charge in [-0.1, -0.05) is 30.7 Å². The van der Waals surface area contributed by atoms with E-state index in [2.05, 4.69) is 24.8 Å². The molecular weight excluding hydrogens is 458 g/mol. The molecule has 0 aliphatic carbocycles. The third-order valence-corrected chi connectivity index (χ3v) is 7.29. The number of anilines is 1. The number of hydrogen-bond acceptors (Lipinski definition) is 6. The fourth-order valence-corrected chi connectivity index (χ4v) is 5.26. The first kappa shape index (κ1) is 21.8. The van der Waals surface area contributed by atoms with Crippen molar-refractivity contribution in [2.45, 2.75) is 24.7 Å². The van der Waals surface area contributed by atoms with Crippen LogP contribution in [0.1, 0.15) is 29.9 Å². The predicted molar refractivity (Wildman–Crippen MR) is 120 cm³/mol. The Morgan fingerprint density at radius 3 is 2.38 bits per heavy atom. The lowest BCUT2D eigenvalue weighted by Gasteiger charge is -2.11. The molecule has 3 aromatic heterocycles. The summed E-state index contributed by atoms with van der Waals surface area (Å²) in [6.07, 6.45) is 0. The predicted octanol–water partition coefficient (Wildman–Crippen LogP) is 1.60. The molecule has 11 nitrogen and oxygen atoms in total. The van der Waals surface area contributed by atoms with Crippen LogP contribution in [0.3, 0.4) is 0 Å². The molecule has 0 saturated carbocycles. The van der Waals surface area contributed by atoms with Gasteiger partial charge < -0.3 is 4.98 Å². The Kier molecular flexibility index (Phi) is 5.21. The zero-order chi connectivity index (χ0) is 23.4. The number of rotatable bonds is 5. The summed E-state index contributed by atoms with van der Waals surface area (Å²) in [4.78, 5) is 33.4. The third kappa shape index (κ3) is 3.60. The number of halogens is 1. The third-order valence-electron chi connectivity index (χ3n) is 5.21. The number of benzene rings is 1. The number of H-pyrrole nitrogens is 2. The number of aryl methyl sites for hydroxylation is 3. The minimum absolute atomic E-state index is 0.0227. The highest BCUT2D eigenvalue weighted by atomic mass is 35.5. The van der Waals surface area contributed by atoms with Gasteiger partial charge in [-0.15, -0.1) is 0 Å². The second-order valence-electron chi connectivity index (χ2n) is 7.42. The van der Waals surface area contributed by atoms with Crippen LogP contribution in [0, 0.1) is 6.92 Å². The normalized spacial score (nSPS) is 12.9. The summed E-state index contributed by atoms with van der Waals surface area (Å²) in [5.74, 6) is 0.246. The van der Waals surface area contributed by atoms with Gasteiger partial charge in [-0.25, -0.2) is 18.2 Å². The Balaban J connectivity index is 1.62. The summed E-state index contributed by atoms with van der Waals surface area (Å²) in [7, 11) is -0.840. The molecule has 1 unspecified atom stereocenters. The highest BCUT2D eigenvalue weighted by Gasteiger charge is 2.25. The molecule has 0 spiro atoms. The number of sulfonamides is 1. The molecule has 0 radical (unpaired) electrons. The monoisotopic (exact) mass is 477 g/mol. The fraction of sp³-hybridized carbons (Fsp3) is 0.263. The summed E-state index contributed by atoms with van der Waals surface area (Å²) in [6.45, 7) is 3.45. The van der Waals surface area contributed by atoms with Crippen molar-refractivity contribution < 1.29 is 8.42 Å². The lowest BCUT2D eigenvalue weighted by molar-refractivity contribution is 0.600. The minimum atomic E-state index is -3.92. The summed E-state index contributed by atoms with van der Waals surface area (Å²) in [5, 5.41) is 4.06. The molecule has 13 heteroatoms. The lowest BCUT2D eigenvalue weighted by Crippen LogP contribution is -2.28. The van der Waals surface area contributed by atoms with Gasteiger partial charge in [0.05, 0.1) is 5.69 Å². The topological polar surface area (TPSA) is 148 Å². The van der Waals surface area contributed by atoms with E-state index in [1.165, 1.54) is 16.3 Å². The largest absolute Gasteiger partial charge is 0.336 e. The maximum Gasteiger partial charge on any atom is 0.329 e. The number of fused-ring (bicyclic) bond motifs is 1. The summed E-state index contributed by atoms with van der Waals surface area (Å²) in [5.41, 5.74) is 0.852. The fourth-order valence-electron chi connectivity index (χ4n) is 3.45. The molecule has 32 heavy (non-hydrogen) atoms. The van der Waals surface area contributed by atoms with Crippen molar-refractivity contribution in [3.05, 3.63) is 67.3 Å². The van der Waals surface area contributed by atoms with Gasteiger partial charge in [0, 0.05) is 25.7 Å². The number of aromatic amines is 2. The summed E-state index contributed by atoms with van der Waals surface area (Å²) < 4.78 is 30.6. The smallest absolute Gasteiger partial charge is 0.329 e. The molecular formula is C19H20ClN7O4S. The van der Waals surface area contributed by atoms with Gasteiger partial charge in [0.15, 0.2) is 5.65 Å². The molecule has 168 valence electrons. The van der Waals surface area contributed by atoms with Crippen LogP contribution in [0.4, 0.5) is 5.69 Å². The first-order valence-electron chi connectivity index (χ1n) is 9.50. The van der Waals surface area contributed by atoms with Gasteiger partial charge in [0.25, 0.3) is 15.6 Å². The van der Waals surface area contributed by atoms with Crippen LogP contribution in [0.5, 0.6) is 0 Å². The second kappa shape index (κ2) is 7.64. The molecule has 4 aromatic rings. The highest BCUT2D eigenvalue weighted by molar-refractivity contribution is 7.92. The Labute approximate surface area is 187 Å². The number of nitrogens with zero attached hydrogens (tertiary/aromatic N) is 4. The molecule has 3 heterocycles. The Hall–Kier alpha value is -3.38. The molecule has 4 rings (SSSR count). The van der Waals surface area contributed by atoms with E-state index in [0.717, 1.165) is 5.56 Å². The van der Waals surface area contributed by atoms with Crippen LogP contribution in [-0.4, -0.2) is 37.7 Å². The Morgan fingerprint density at radius 2 is 1.78 bits per heavy atom. The van der Waals surface area contributed by atoms with Crippen molar-refractivity contribution in [2.24, 2.45) is 14.1 Å². The summed E-state index contributed by atoms with van der Waals surface area (Å²) >= 11 is 6.09. The number of nitrogens with one attached hydrogen (secondary N) is 3. The number of hydrogen-bond donors (Lipinski definition) is 3. The average molecular weight is 478 g/mol. The standard InChI is InChI=1S/C19H20ClN7O4S/c1-9(16-21-13-17(22-16)26(3)19(29)23-18(13)28)11-5-7-12(8-6-11)25-32(30,31)14-10(2)24-27(4)15(14)20/h5-9,25H,1-4H3,(H,21,22)(H,23,28,29). The average Bonchev–Trinajstić information content (AvgIpc) is 3.28. The molecule has 3 N–H and O–H groups in total. The van der Waals surface area contributed by atoms with E-state index in [1.807, 2.05) is 6.92 Å². The van der Waals surface area contributed by atoms with Crippen LogP contribution in [-0.2, 0) is 24.1 Å². The van der Waals surface area contributed by atoms with E-state index in [-0.39, 0.29) is 27.1 Å². The zero-order valence-corrected chi connectivity index (χ0v) is 19.2. The molecule has 0 saturated heterocycles. The molecule has 0 fully saturated rings. The van der Waals surface area contributed by atoms with E-state index in [9.17, 15) is 18.0 Å². The van der Waals surface area contributed by atoms with Crippen LogP contribution in [0.25, 0.3) is 11.2 Å². The maximum absolute atomic E-state index is 12.8. The van der Waals surface area contributed by atoms with E-state index in [0.29, 0.717) is 17.2 Å². The number of aromatic nitrogens is 6. The molecule has 0 bridgehead atoms. The highest BCUT2D eigenvalue weighted by Crippen LogP contribution is 2.28.